The standard InChI is InChI=1S/C13H20N4O3/c1-20-12-4-2-3-11(13(12)17(18)19)15-7-10-16-8-5-14-6-9-16/h2-4,14-15H,5-10H2,1H3. The van der Waals surface area contributed by atoms with Crippen LogP contribution in [-0.4, -0.2) is 56.2 Å². The summed E-state index contributed by atoms with van der Waals surface area (Å²) in [5, 5.41) is 17.6. The van der Waals surface area contributed by atoms with Crippen molar-refractivity contribution in [1.29, 1.82) is 0 Å². The van der Waals surface area contributed by atoms with Crippen molar-refractivity contribution in [2.45, 2.75) is 0 Å². The van der Waals surface area contributed by atoms with Crippen molar-refractivity contribution in [3.05, 3.63) is 28.3 Å². The highest BCUT2D eigenvalue weighted by molar-refractivity contribution is 5.68. The number of methoxy groups -OCH3 is 1. The van der Waals surface area contributed by atoms with Gasteiger partial charge in [0.15, 0.2) is 5.75 Å². The first-order valence-electron chi connectivity index (χ1n) is 6.70. The Labute approximate surface area is 118 Å². The molecule has 7 nitrogen and oxygen atoms in total. The monoisotopic (exact) mass is 280 g/mol. The van der Waals surface area contributed by atoms with Crippen LogP contribution in [-0.2, 0) is 0 Å². The Kier molecular flexibility index (Phi) is 5.14. The summed E-state index contributed by atoms with van der Waals surface area (Å²) in [7, 11) is 1.44. The van der Waals surface area contributed by atoms with Gasteiger partial charge in [0.1, 0.15) is 5.69 Å². The van der Waals surface area contributed by atoms with Gasteiger partial charge in [-0.15, -0.1) is 0 Å². The molecule has 1 saturated heterocycles. The molecule has 0 radical (unpaired) electrons. The number of piperazine rings is 1. The van der Waals surface area contributed by atoms with Gasteiger partial charge < -0.3 is 15.4 Å². The molecular formula is C13H20N4O3. The summed E-state index contributed by atoms with van der Waals surface area (Å²) < 4.78 is 5.04. The lowest BCUT2D eigenvalue weighted by Gasteiger charge is -2.27. The second kappa shape index (κ2) is 7.06. The maximum Gasteiger partial charge on any atom is 0.333 e. The minimum atomic E-state index is -0.411. The van der Waals surface area contributed by atoms with Crippen LogP contribution < -0.4 is 15.4 Å². The van der Waals surface area contributed by atoms with Crippen molar-refractivity contribution in [2.75, 3.05) is 51.7 Å². The van der Waals surface area contributed by atoms with Crippen LogP contribution in [0.25, 0.3) is 0 Å². The van der Waals surface area contributed by atoms with Gasteiger partial charge in [0, 0.05) is 39.3 Å². The molecule has 0 bridgehead atoms. The van der Waals surface area contributed by atoms with Gasteiger partial charge in [-0.2, -0.15) is 0 Å². The topological polar surface area (TPSA) is 79.7 Å². The molecule has 2 rings (SSSR count). The Morgan fingerprint density at radius 2 is 2.20 bits per heavy atom. The molecule has 1 aliphatic heterocycles. The minimum Gasteiger partial charge on any atom is -0.490 e. The van der Waals surface area contributed by atoms with E-state index in [1.165, 1.54) is 7.11 Å². The zero-order valence-electron chi connectivity index (χ0n) is 11.6. The van der Waals surface area contributed by atoms with E-state index in [1.54, 1.807) is 18.2 Å². The summed E-state index contributed by atoms with van der Waals surface area (Å²) in [5.41, 5.74) is 0.500. The lowest BCUT2D eigenvalue weighted by molar-refractivity contribution is -0.384. The lowest BCUT2D eigenvalue weighted by atomic mass is 10.2. The van der Waals surface area contributed by atoms with E-state index in [0.29, 0.717) is 12.2 Å². The third kappa shape index (κ3) is 3.58. The number of nitrogens with zero attached hydrogens (tertiary/aromatic N) is 2. The highest BCUT2D eigenvalue weighted by Crippen LogP contribution is 2.34. The average molecular weight is 280 g/mol. The average Bonchev–Trinajstić information content (AvgIpc) is 2.47. The fourth-order valence-corrected chi connectivity index (χ4v) is 2.30. The smallest absolute Gasteiger partial charge is 0.333 e. The molecule has 20 heavy (non-hydrogen) atoms. The zero-order valence-corrected chi connectivity index (χ0v) is 11.6. The van der Waals surface area contributed by atoms with Crippen LogP contribution in [0.2, 0.25) is 0 Å². The number of nitro benzene ring substituents is 1. The summed E-state index contributed by atoms with van der Waals surface area (Å²) >= 11 is 0. The molecule has 0 amide bonds. The van der Waals surface area contributed by atoms with Crippen molar-refractivity contribution in [2.24, 2.45) is 0 Å². The number of anilines is 1. The maximum atomic E-state index is 11.1. The molecule has 0 aromatic heterocycles. The Morgan fingerprint density at radius 1 is 1.45 bits per heavy atom. The summed E-state index contributed by atoms with van der Waals surface area (Å²) in [5.74, 6) is 0.280. The minimum absolute atomic E-state index is 0.00434. The van der Waals surface area contributed by atoms with Gasteiger partial charge >= 0.3 is 5.69 Å². The van der Waals surface area contributed by atoms with E-state index in [2.05, 4.69) is 15.5 Å². The first-order valence-corrected chi connectivity index (χ1v) is 6.70. The number of para-hydroxylation sites is 1. The first-order chi connectivity index (χ1) is 9.72. The highest BCUT2D eigenvalue weighted by atomic mass is 16.6. The second-order valence-electron chi connectivity index (χ2n) is 4.63. The van der Waals surface area contributed by atoms with E-state index in [9.17, 15) is 10.1 Å². The molecular weight excluding hydrogens is 260 g/mol. The lowest BCUT2D eigenvalue weighted by Crippen LogP contribution is -2.45. The molecule has 7 heteroatoms. The summed E-state index contributed by atoms with van der Waals surface area (Å²) in [6, 6.07) is 5.05. The van der Waals surface area contributed by atoms with Crippen LogP contribution in [0.1, 0.15) is 0 Å². The summed E-state index contributed by atoms with van der Waals surface area (Å²) in [4.78, 5) is 13.1. The van der Waals surface area contributed by atoms with Gasteiger partial charge in [0.05, 0.1) is 12.0 Å². The predicted octanol–water partition coefficient (Wildman–Crippen LogP) is 0.921. The summed E-state index contributed by atoms with van der Waals surface area (Å²) in [6.45, 7) is 5.58. The number of ether oxygens (including phenoxy) is 1. The van der Waals surface area contributed by atoms with Crippen molar-refractivity contribution in [1.82, 2.24) is 10.2 Å². The first kappa shape index (κ1) is 14.5. The maximum absolute atomic E-state index is 11.1. The van der Waals surface area contributed by atoms with Crippen LogP contribution in [0.15, 0.2) is 18.2 Å². The Hall–Kier alpha value is -1.86. The van der Waals surface area contributed by atoms with E-state index in [1.807, 2.05) is 0 Å². The largest absolute Gasteiger partial charge is 0.490 e. The van der Waals surface area contributed by atoms with Crippen molar-refractivity contribution in [3.63, 3.8) is 0 Å². The quantitative estimate of drug-likeness (QED) is 0.596. The molecule has 1 aliphatic rings. The normalized spacial score (nSPS) is 15.8. The molecule has 1 aromatic carbocycles. The molecule has 0 atom stereocenters. The number of nitrogens with one attached hydrogen (secondary N) is 2. The molecule has 1 heterocycles. The van der Waals surface area contributed by atoms with Gasteiger partial charge in [0.25, 0.3) is 0 Å². The molecule has 0 aliphatic carbocycles. The number of hydrogen-bond acceptors (Lipinski definition) is 6. The number of nitro groups is 1. The molecule has 0 saturated carbocycles. The number of benzene rings is 1. The van der Waals surface area contributed by atoms with E-state index in [0.717, 1.165) is 32.7 Å². The zero-order chi connectivity index (χ0) is 14.4. The van der Waals surface area contributed by atoms with Crippen LogP contribution in [0.3, 0.4) is 0 Å². The van der Waals surface area contributed by atoms with Crippen LogP contribution in [0.5, 0.6) is 5.75 Å². The van der Waals surface area contributed by atoms with Crippen LogP contribution >= 0.6 is 0 Å². The molecule has 2 N–H and O–H groups in total. The third-order valence-electron chi connectivity index (χ3n) is 3.35. The molecule has 0 spiro atoms. The van der Waals surface area contributed by atoms with Gasteiger partial charge in [-0.1, -0.05) is 6.07 Å². The van der Waals surface area contributed by atoms with E-state index >= 15 is 0 Å². The third-order valence-corrected chi connectivity index (χ3v) is 3.35. The second-order valence-corrected chi connectivity index (χ2v) is 4.63. The number of hydrogen-bond donors (Lipinski definition) is 2. The molecule has 110 valence electrons. The predicted molar refractivity (Wildman–Crippen MR) is 77.4 cm³/mol. The van der Waals surface area contributed by atoms with E-state index in [-0.39, 0.29) is 11.4 Å². The SMILES string of the molecule is COc1cccc(NCCN2CCNCC2)c1[N+](=O)[O-]. The van der Waals surface area contributed by atoms with Gasteiger partial charge in [0.2, 0.25) is 0 Å². The van der Waals surface area contributed by atoms with Gasteiger partial charge in [-0.05, 0) is 12.1 Å². The highest BCUT2D eigenvalue weighted by Gasteiger charge is 2.20. The Balaban J connectivity index is 1.96. The van der Waals surface area contributed by atoms with Crippen LogP contribution in [0.4, 0.5) is 11.4 Å². The fourth-order valence-electron chi connectivity index (χ4n) is 2.30. The van der Waals surface area contributed by atoms with Gasteiger partial charge in [-0.25, -0.2) is 0 Å². The number of rotatable bonds is 6. The summed E-state index contributed by atoms with van der Waals surface area (Å²) in [6.07, 6.45) is 0. The van der Waals surface area contributed by atoms with Crippen molar-refractivity contribution >= 4 is 11.4 Å². The van der Waals surface area contributed by atoms with Crippen LogP contribution in [0, 0.1) is 10.1 Å². The van der Waals surface area contributed by atoms with Gasteiger partial charge in [-0.3, -0.25) is 15.0 Å². The van der Waals surface area contributed by atoms with Crippen molar-refractivity contribution in [3.8, 4) is 5.75 Å². The Bertz CT molecular complexity index is 461. The molecule has 0 unspecified atom stereocenters. The molecule has 1 aromatic rings. The fraction of sp³-hybridized carbons (Fsp3) is 0.538. The van der Waals surface area contributed by atoms with Crippen molar-refractivity contribution < 1.29 is 9.66 Å². The Morgan fingerprint density at radius 3 is 2.85 bits per heavy atom. The van der Waals surface area contributed by atoms with E-state index < -0.39 is 4.92 Å². The molecule has 1 fully saturated rings. The van der Waals surface area contributed by atoms with E-state index in [4.69, 9.17) is 4.74 Å².